The topological polar surface area (TPSA) is 29.5 Å². The molecule has 16 heavy (non-hydrogen) atoms. The van der Waals surface area contributed by atoms with E-state index in [0.29, 0.717) is 13.2 Å². The minimum atomic E-state index is 0.127. The Labute approximate surface area is 113 Å². The predicted octanol–water partition coefficient (Wildman–Crippen LogP) is 2.60. The fraction of sp³-hybridized carbons (Fsp3) is 0.545. The predicted molar refractivity (Wildman–Crippen MR) is 72.9 cm³/mol. The highest BCUT2D eigenvalue weighted by atomic mass is 127. The number of nitrogens with zero attached hydrogens (tertiary/aromatic N) is 1. The smallest absolute Gasteiger partial charge is 0.255 e. The summed E-state index contributed by atoms with van der Waals surface area (Å²) in [6, 6.07) is 2.11. The molecule has 1 aliphatic heterocycles. The lowest BCUT2D eigenvalue weighted by Crippen LogP contribution is -2.50. The summed E-state index contributed by atoms with van der Waals surface area (Å²) in [6.45, 7) is 5.35. The molecule has 0 spiro atoms. The summed E-state index contributed by atoms with van der Waals surface area (Å²) >= 11 is 3.84. The lowest BCUT2D eigenvalue weighted by molar-refractivity contribution is -0.0386. The summed E-state index contributed by atoms with van der Waals surface area (Å²) in [4.78, 5) is 14.2. The molecule has 3 nitrogen and oxygen atoms in total. The standard InChI is InChI=1S/C11H14INO2S/c1-7-5-15-8(2)4-13(7)11(14)9-3-10(12)16-6-9/h3,6-8H,4-5H2,1-2H3. The Kier molecular flexibility index (Phi) is 3.86. The molecule has 0 bridgehead atoms. The zero-order chi connectivity index (χ0) is 11.7. The normalized spacial score (nSPS) is 25.8. The Morgan fingerprint density at radius 1 is 1.62 bits per heavy atom. The molecule has 0 radical (unpaired) electrons. The number of thiophene rings is 1. The van der Waals surface area contributed by atoms with Gasteiger partial charge in [-0.3, -0.25) is 4.79 Å². The Hall–Kier alpha value is -0.140. The first-order valence-electron chi connectivity index (χ1n) is 5.24. The maximum Gasteiger partial charge on any atom is 0.255 e. The van der Waals surface area contributed by atoms with Crippen LogP contribution in [0.25, 0.3) is 0 Å². The zero-order valence-electron chi connectivity index (χ0n) is 9.27. The molecule has 1 aromatic rings. The molecule has 0 aromatic carbocycles. The molecule has 1 amide bonds. The first kappa shape index (κ1) is 12.3. The number of carbonyl (C=O) groups excluding carboxylic acids is 1. The quantitative estimate of drug-likeness (QED) is 0.728. The lowest BCUT2D eigenvalue weighted by Gasteiger charge is -2.36. The molecule has 1 aliphatic rings. The van der Waals surface area contributed by atoms with Crippen LogP contribution >= 0.6 is 33.9 Å². The largest absolute Gasteiger partial charge is 0.375 e. The second-order valence-corrected chi connectivity index (χ2v) is 6.90. The van der Waals surface area contributed by atoms with E-state index in [-0.39, 0.29) is 18.1 Å². The van der Waals surface area contributed by atoms with Gasteiger partial charge in [0.25, 0.3) is 5.91 Å². The van der Waals surface area contributed by atoms with Gasteiger partial charge in [-0.15, -0.1) is 11.3 Å². The van der Waals surface area contributed by atoms with E-state index in [4.69, 9.17) is 4.74 Å². The van der Waals surface area contributed by atoms with Crippen molar-refractivity contribution in [2.75, 3.05) is 13.2 Å². The third-order valence-corrected chi connectivity index (χ3v) is 4.47. The van der Waals surface area contributed by atoms with Gasteiger partial charge in [0.15, 0.2) is 0 Å². The molecule has 1 aromatic heterocycles. The Bertz CT molecular complexity index is 393. The number of carbonyl (C=O) groups is 1. The van der Waals surface area contributed by atoms with Crippen LogP contribution in [-0.4, -0.2) is 36.1 Å². The molecular weight excluding hydrogens is 337 g/mol. The molecule has 2 rings (SSSR count). The van der Waals surface area contributed by atoms with E-state index in [2.05, 4.69) is 22.6 Å². The van der Waals surface area contributed by atoms with E-state index in [1.54, 1.807) is 11.3 Å². The van der Waals surface area contributed by atoms with Gasteiger partial charge in [0, 0.05) is 11.9 Å². The van der Waals surface area contributed by atoms with E-state index < -0.39 is 0 Å². The maximum atomic E-state index is 12.2. The summed E-state index contributed by atoms with van der Waals surface area (Å²) in [7, 11) is 0. The second kappa shape index (κ2) is 5.01. The van der Waals surface area contributed by atoms with Gasteiger partial charge in [-0.05, 0) is 42.5 Å². The van der Waals surface area contributed by atoms with Crippen LogP contribution < -0.4 is 0 Å². The number of ether oxygens (including phenoxy) is 1. The van der Waals surface area contributed by atoms with Gasteiger partial charge in [-0.1, -0.05) is 0 Å². The van der Waals surface area contributed by atoms with Crippen molar-refractivity contribution in [1.29, 1.82) is 0 Å². The van der Waals surface area contributed by atoms with Crippen LogP contribution in [-0.2, 0) is 4.74 Å². The SMILES string of the molecule is CC1CN(C(=O)c2csc(I)c2)C(C)CO1. The van der Waals surface area contributed by atoms with Gasteiger partial charge >= 0.3 is 0 Å². The van der Waals surface area contributed by atoms with Crippen molar-refractivity contribution in [3.8, 4) is 0 Å². The molecule has 5 heteroatoms. The van der Waals surface area contributed by atoms with Gasteiger partial charge in [0.1, 0.15) is 0 Å². The number of rotatable bonds is 1. The summed E-state index contributed by atoms with van der Waals surface area (Å²) < 4.78 is 6.67. The Balaban J connectivity index is 2.14. The third-order valence-electron chi connectivity index (χ3n) is 2.68. The van der Waals surface area contributed by atoms with E-state index in [1.807, 2.05) is 30.2 Å². The van der Waals surface area contributed by atoms with Crippen LogP contribution in [0.15, 0.2) is 11.4 Å². The highest BCUT2D eigenvalue weighted by molar-refractivity contribution is 14.1. The highest BCUT2D eigenvalue weighted by Crippen LogP contribution is 2.21. The van der Waals surface area contributed by atoms with Gasteiger partial charge in [0.05, 0.1) is 27.2 Å². The molecule has 0 saturated carbocycles. The number of morpholine rings is 1. The van der Waals surface area contributed by atoms with Crippen molar-refractivity contribution >= 4 is 39.8 Å². The molecule has 0 N–H and O–H groups in total. The van der Waals surface area contributed by atoms with Gasteiger partial charge in [-0.2, -0.15) is 0 Å². The first-order valence-corrected chi connectivity index (χ1v) is 7.20. The molecule has 0 aliphatic carbocycles. The maximum absolute atomic E-state index is 12.2. The Morgan fingerprint density at radius 2 is 2.38 bits per heavy atom. The molecule has 2 atom stereocenters. The third kappa shape index (κ3) is 2.57. The Morgan fingerprint density at radius 3 is 3.00 bits per heavy atom. The number of hydrogen-bond acceptors (Lipinski definition) is 3. The summed E-state index contributed by atoms with van der Waals surface area (Å²) in [6.07, 6.45) is 0.137. The fourth-order valence-electron chi connectivity index (χ4n) is 1.77. The van der Waals surface area contributed by atoms with Crippen LogP contribution in [0, 0.1) is 2.88 Å². The van der Waals surface area contributed by atoms with E-state index in [9.17, 15) is 4.79 Å². The molecule has 1 saturated heterocycles. The van der Waals surface area contributed by atoms with Gasteiger partial charge < -0.3 is 9.64 Å². The van der Waals surface area contributed by atoms with E-state index in [1.165, 1.54) is 0 Å². The second-order valence-electron chi connectivity index (χ2n) is 4.09. The summed E-state index contributed by atoms with van der Waals surface area (Å²) in [5.74, 6) is 0.127. The van der Waals surface area contributed by atoms with Crippen molar-refractivity contribution in [1.82, 2.24) is 4.90 Å². The lowest BCUT2D eigenvalue weighted by atomic mass is 10.1. The van der Waals surface area contributed by atoms with Crippen molar-refractivity contribution in [3.05, 3.63) is 19.9 Å². The zero-order valence-corrected chi connectivity index (χ0v) is 12.2. The minimum absolute atomic E-state index is 0.127. The van der Waals surface area contributed by atoms with Gasteiger partial charge in [0.2, 0.25) is 0 Å². The van der Waals surface area contributed by atoms with Crippen LogP contribution in [0.3, 0.4) is 0 Å². The number of hydrogen-bond donors (Lipinski definition) is 0. The van der Waals surface area contributed by atoms with Crippen molar-refractivity contribution in [2.24, 2.45) is 0 Å². The van der Waals surface area contributed by atoms with Crippen LogP contribution in [0.5, 0.6) is 0 Å². The highest BCUT2D eigenvalue weighted by Gasteiger charge is 2.28. The molecule has 2 heterocycles. The summed E-state index contributed by atoms with van der Waals surface area (Å²) in [5.41, 5.74) is 0.801. The number of amides is 1. The first-order chi connectivity index (χ1) is 7.58. The van der Waals surface area contributed by atoms with E-state index in [0.717, 1.165) is 8.45 Å². The molecular formula is C11H14INO2S. The molecule has 1 fully saturated rings. The molecule has 2 unspecified atom stereocenters. The van der Waals surface area contributed by atoms with Gasteiger partial charge in [-0.25, -0.2) is 0 Å². The molecule has 88 valence electrons. The van der Waals surface area contributed by atoms with Crippen LogP contribution in [0.4, 0.5) is 0 Å². The minimum Gasteiger partial charge on any atom is -0.375 e. The average Bonchev–Trinajstić information content (AvgIpc) is 2.67. The average molecular weight is 351 g/mol. The van der Waals surface area contributed by atoms with Crippen molar-refractivity contribution in [3.63, 3.8) is 0 Å². The fourth-order valence-corrected chi connectivity index (χ4v) is 3.09. The van der Waals surface area contributed by atoms with Crippen LogP contribution in [0.1, 0.15) is 24.2 Å². The van der Waals surface area contributed by atoms with E-state index >= 15 is 0 Å². The number of halogens is 1. The summed E-state index contributed by atoms with van der Waals surface area (Å²) in [5, 5.41) is 1.93. The monoisotopic (exact) mass is 351 g/mol. The van der Waals surface area contributed by atoms with Crippen molar-refractivity contribution in [2.45, 2.75) is 26.0 Å². The van der Waals surface area contributed by atoms with Crippen molar-refractivity contribution < 1.29 is 9.53 Å². The van der Waals surface area contributed by atoms with Crippen LogP contribution in [0.2, 0.25) is 0 Å².